The summed E-state index contributed by atoms with van der Waals surface area (Å²) in [7, 11) is 0. The van der Waals surface area contributed by atoms with Crippen molar-refractivity contribution in [2.45, 2.75) is 25.9 Å². The van der Waals surface area contributed by atoms with Crippen LogP contribution in [0.5, 0.6) is 23.0 Å². The summed E-state index contributed by atoms with van der Waals surface area (Å²) in [5.41, 5.74) is 5.13. The third kappa shape index (κ3) is 6.58. The minimum Gasteiger partial charge on any atom is -0.456 e. The van der Waals surface area contributed by atoms with Crippen LogP contribution >= 0.6 is 0 Å². The molecule has 7 heterocycles. The van der Waals surface area contributed by atoms with Gasteiger partial charge in [0.15, 0.2) is 0 Å². The van der Waals surface area contributed by atoms with E-state index in [9.17, 15) is 14.4 Å². The summed E-state index contributed by atoms with van der Waals surface area (Å²) in [6, 6.07) is 25.0. The highest BCUT2D eigenvalue weighted by molar-refractivity contribution is 6.02. The zero-order chi connectivity index (χ0) is 38.5. The first-order chi connectivity index (χ1) is 27.9. The van der Waals surface area contributed by atoms with E-state index in [1.165, 1.54) is 5.56 Å². The number of aromatic amines is 2. The molecule has 0 bridgehead atoms. The molecule has 2 fully saturated rings. The van der Waals surface area contributed by atoms with Gasteiger partial charge in [0.1, 0.15) is 40.2 Å². The lowest BCUT2D eigenvalue weighted by Crippen LogP contribution is -2.46. The average Bonchev–Trinajstić information content (AvgIpc) is 3.24. The van der Waals surface area contributed by atoms with Crippen molar-refractivity contribution in [3.05, 3.63) is 123 Å². The van der Waals surface area contributed by atoms with Crippen LogP contribution in [0.1, 0.15) is 24.0 Å². The molecule has 3 aromatic heterocycles. The van der Waals surface area contributed by atoms with Crippen molar-refractivity contribution in [2.75, 3.05) is 44.2 Å². The number of fused-ring (bicyclic) bond motifs is 4. The number of anilines is 1. The largest absolute Gasteiger partial charge is 0.456 e. The highest BCUT2D eigenvalue weighted by Crippen LogP contribution is 2.46. The molecule has 0 aliphatic carbocycles. The molecule has 2 saturated heterocycles. The number of likely N-dealkylation sites (tertiary alicyclic amines) is 1. The predicted molar refractivity (Wildman–Crippen MR) is 215 cm³/mol. The maximum absolute atomic E-state index is 12.2. The zero-order valence-electron chi connectivity index (χ0n) is 30.9. The highest BCUT2D eigenvalue weighted by Gasteiger charge is 2.26. The first kappa shape index (κ1) is 34.7. The monoisotopic (exact) mass is 759 g/mol. The maximum Gasteiger partial charge on any atom is 0.272 e. The molecule has 0 radical (unpaired) electrons. The topological polar surface area (TPSA) is 163 Å². The van der Waals surface area contributed by atoms with Crippen LogP contribution in [0.25, 0.3) is 44.1 Å². The van der Waals surface area contributed by atoms with E-state index in [1.807, 2.05) is 54.6 Å². The number of benzene rings is 4. The van der Waals surface area contributed by atoms with Gasteiger partial charge in [-0.1, -0.05) is 24.3 Å². The lowest BCUT2D eigenvalue weighted by molar-refractivity contribution is -0.122. The quantitative estimate of drug-likeness (QED) is 0.222. The number of carbonyl (C=O) groups excluding carboxylic acids is 1. The second-order valence-electron chi connectivity index (χ2n) is 14.7. The molecular weight excluding hydrogens is 723 g/mol. The first-order valence-electron chi connectivity index (χ1n) is 19.1. The van der Waals surface area contributed by atoms with Gasteiger partial charge in [-0.2, -0.15) is 10.2 Å². The Morgan fingerprint density at radius 2 is 1.16 bits per heavy atom. The van der Waals surface area contributed by atoms with Crippen LogP contribution in [0, 0.1) is 0 Å². The molecule has 2 N–H and O–H groups in total. The summed E-state index contributed by atoms with van der Waals surface area (Å²) in [6.07, 6.45) is 5.17. The number of nitrogens with one attached hydrogen (secondary N) is 2. The van der Waals surface area contributed by atoms with E-state index in [2.05, 4.69) is 57.2 Å². The number of ether oxygens (including phenoxy) is 2. The number of nitrogens with zero attached hydrogens (tertiary/aromatic N) is 7. The molecule has 11 rings (SSSR count). The summed E-state index contributed by atoms with van der Waals surface area (Å²) in [4.78, 5) is 51.5. The van der Waals surface area contributed by atoms with Crippen molar-refractivity contribution in [3.8, 4) is 45.5 Å². The third-order valence-corrected chi connectivity index (χ3v) is 10.9. The van der Waals surface area contributed by atoms with Crippen molar-refractivity contribution in [2.24, 2.45) is 0 Å². The molecule has 57 heavy (non-hydrogen) atoms. The molecule has 0 saturated carbocycles. The molecule has 4 aliphatic heterocycles. The van der Waals surface area contributed by atoms with Gasteiger partial charge in [-0.25, -0.2) is 20.2 Å². The second-order valence-corrected chi connectivity index (χ2v) is 14.7. The van der Waals surface area contributed by atoms with Gasteiger partial charge >= 0.3 is 0 Å². The van der Waals surface area contributed by atoms with Crippen molar-refractivity contribution < 1.29 is 14.3 Å². The summed E-state index contributed by atoms with van der Waals surface area (Å²) >= 11 is 0. The molecule has 0 amide bonds. The Bertz CT molecular complexity index is 2820. The van der Waals surface area contributed by atoms with E-state index in [0.717, 1.165) is 102 Å². The number of hydrogen-bond donors (Lipinski definition) is 2. The van der Waals surface area contributed by atoms with Crippen molar-refractivity contribution in [1.29, 1.82) is 0 Å². The van der Waals surface area contributed by atoms with Gasteiger partial charge in [-0.05, 0) is 78.7 Å². The summed E-state index contributed by atoms with van der Waals surface area (Å²) < 4.78 is 12.1. The van der Waals surface area contributed by atoms with Crippen LogP contribution in [0.3, 0.4) is 0 Å². The molecule has 284 valence electrons. The summed E-state index contributed by atoms with van der Waals surface area (Å²) in [6.45, 7) is 6.67. The fraction of sp³-hybridized carbons (Fsp3) is 0.233. The number of hydrogen-bond acceptors (Lipinski definition) is 12. The van der Waals surface area contributed by atoms with E-state index < -0.39 is 0 Å². The number of carbonyl (C=O) groups is 1. The normalized spacial score (nSPS) is 15.9. The van der Waals surface area contributed by atoms with E-state index in [-0.39, 0.29) is 11.1 Å². The first-order valence-corrected chi connectivity index (χ1v) is 19.1. The number of ketones is 1. The number of aromatic nitrogens is 6. The van der Waals surface area contributed by atoms with E-state index >= 15 is 0 Å². The van der Waals surface area contributed by atoms with E-state index in [1.54, 1.807) is 24.5 Å². The van der Waals surface area contributed by atoms with Crippen LogP contribution in [0.4, 0.5) is 5.95 Å². The van der Waals surface area contributed by atoms with Gasteiger partial charge in [0.2, 0.25) is 5.95 Å². The predicted octanol–water partition coefficient (Wildman–Crippen LogP) is 5.67. The van der Waals surface area contributed by atoms with E-state index in [0.29, 0.717) is 47.6 Å². The molecule has 7 aromatic rings. The standard InChI is InChI=1S/C23H20N6O2.C20H17N3O3/c30-22-16-3-1-4-19-20(16)21(26-27-22)17-13-15(5-6-18(17)31-19)14-28-9-11-29(12-10-28)23-24-7-2-8-25-23;24-13-3-2-8-23(11-13)10-12-6-7-16-15(9-12)19-18-14(20(25)22-21-19)4-1-5-17(18)26-16/h1-8,13H,9-12,14H2,(H,27,30);1,4-7,9H,2-3,8,10-11H2,(H,22,25). The van der Waals surface area contributed by atoms with E-state index in [4.69, 9.17) is 9.47 Å². The molecule has 0 unspecified atom stereocenters. The van der Waals surface area contributed by atoms with Gasteiger partial charge in [-0.3, -0.25) is 24.2 Å². The number of H-pyrrole nitrogens is 2. The van der Waals surface area contributed by atoms with Crippen molar-refractivity contribution >= 4 is 33.3 Å². The SMILES string of the molecule is O=C1CCCN(Cc2ccc3c(c2)-c2n[nH]c(=O)c4cccc(c24)O3)C1.O=c1[nH]nc2c3c(cccc13)Oc1ccc(CN3CCN(c4ncccn4)CC3)cc1-2. The molecule has 4 aromatic carbocycles. The van der Waals surface area contributed by atoms with Gasteiger partial charge in [0.05, 0.1) is 28.1 Å². The van der Waals surface area contributed by atoms with Gasteiger partial charge in [0.25, 0.3) is 11.1 Å². The molecule has 0 atom stereocenters. The highest BCUT2D eigenvalue weighted by atomic mass is 16.5. The fourth-order valence-corrected chi connectivity index (χ4v) is 8.19. The third-order valence-electron chi connectivity index (χ3n) is 10.9. The number of piperidine rings is 1. The molecule has 14 nitrogen and oxygen atoms in total. The number of Topliss-reactive ketones (excluding diaryl/α,β-unsaturated/α-hetero) is 1. The maximum atomic E-state index is 12.2. The van der Waals surface area contributed by atoms with Crippen LogP contribution in [0.2, 0.25) is 0 Å². The summed E-state index contributed by atoms with van der Waals surface area (Å²) in [5.74, 6) is 3.90. The lowest BCUT2D eigenvalue weighted by Gasteiger charge is -2.34. The minimum atomic E-state index is -0.222. The molecule has 0 spiro atoms. The second kappa shape index (κ2) is 14.4. The Kier molecular flexibility index (Phi) is 8.76. The lowest BCUT2D eigenvalue weighted by atomic mass is 9.98. The average molecular weight is 760 g/mol. The van der Waals surface area contributed by atoms with Crippen LogP contribution in [-0.4, -0.2) is 85.2 Å². The van der Waals surface area contributed by atoms with Crippen LogP contribution < -0.4 is 25.5 Å². The van der Waals surface area contributed by atoms with Crippen LogP contribution in [0.15, 0.2) is 101 Å². The van der Waals surface area contributed by atoms with Crippen molar-refractivity contribution in [1.82, 2.24) is 40.2 Å². The van der Waals surface area contributed by atoms with Gasteiger partial charge < -0.3 is 14.4 Å². The Balaban J connectivity index is 0.000000141. The van der Waals surface area contributed by atoms with Crippen molar-refractivity contribution in [3.63, 3.8) is 0 Å². The number of piperazine rings is 1. The zero-order valence-corrected chi connectivity index (χ0v) is 30.9. The Morgan fingerprint density at radius 3 is 1.72 bits per heavy atom. The fourth-order valence-electron chi connectivity index (χ4n) is 8.19. The van der Waals surface area contributed by atoms with Gasteiger partial charge in [-0.15, -0.1) is 0 Å². The minimum absolute atomic E-state index is 0.205. The molecule has 14 heteroatoms. The molecule has 4 aliphatic rings. The Hall–Kier alpha value is -6.77. The number of rotatable bonds is 5. The Morgan fingerprint density at radius 1 is 0.596 bits per heavy atom. The smallest absolute Gasteiger partial charge is 0.272 e. The van der Waals surface area contributed by atoms with Gasteiger partial charge in [0, 0.05) is 69.2 Å². The van der Waals surface area contributed by atoms with Crippen LogP contribution in [-0.2, 0) is 17.9 Å². The molecular formula is C43H37N9O5. The summed E-state index contributed by atoms with van der Waals surface area (Å²) in [5, 5.41) is 16.6. The Labute approximate surface area is 325 Å².